The van der Waals surface area contributed by atoms with Gasteiger partial charge in [-0.15, -0.1) is 11.8 Å². The summed E-state index contributed by atoms with van der Waals surface area (Å²) in [5.41, 5.74) is 0.686. The molecule has 0 radical (unpaired) electrons. The Bertz CT molecular complexity index is 716. The number of amides is 1. The van der Waals surface area contributed by atoms with Crippen molar-refractivity contribution in [2.75, 3.05) is 0 Å². The lowest BCUT2D eigenvalue weighted by molar-refractivity contribution is -0.155. The van der Waals surface area contributed by atoms with Crippen molar-refractivity contribution >= 4 is 23.6 Å². The van der Waals surface area contributed by atoms with Crippen molar-refractivity contribution < 1.29 is 14.3 Å². The Hall–Kier alpha value is -2.27. The molecule has 2 atom stereocenters. The number of hydrogen-bond acceptors (Lipinski definition) is 4. The predicted molar refractivity (Wildman–Crippen MR) is 98.2 cm³/mol. The lowest BCUT2D eigenvalue weighted by Gasteiger charge is -2.20. The second-order valence-electron chi connectivity index (χ2n) is 6.08. The minimum Gasteiger partial charge on any atom is -0.446 e. The highest BCUT2D eigenvalue weighted by Gasteiger charge is 2.32. The van der Waals surface area contributed by atoms with E-state index in [2.05, 4.69) is 5.32 Å². The molecule has 0 spiro atoms. The van der Waals surface area contributed by atoms with E-state index in [4.69, 9.17) is 4.74 Å². The van der Waals surface area contributed by atoms with Gasteiger partial charge in [0.2, 0.25) is 6.10 Å². The van der Waals surface area contributed by atoms with Crippen molar-refractivity contribution in [3.8, 4) is 0 Å². The number of benzene rings is 2. The summed E-state index contributed by atoms with van der Waals surface area (Å²) in [7, 11) is 0. The van der Waals surface area contributed by atoms with Gasteiger partial charge in [-0.1, -0.05) is 48.5 Å². The summed E-state index contributed by atoms with van der Waals surface area (Å²) < 4.78 is 5.59. The van der Waals surface area contributed by atoms with Gasteiger partial charge < -0.3 is 10.1 Å². The van der Waals surface area contributed by atoms with Gasteiger partial charge in [0, 0.05) is 16.5 Å². The molecule has 0 bridgehead atoms. The molecule has 0 saturated heterocycles. The van der Waals surface area contributed by atoms with E-state index < -0.39 is 17.3 Å². The zero-order chi connectivity index (χ0) is 17.6. The van der Waals surface area contributed by atoms with E-state index in [1.165, 1.54) is 11.8 Å². The predicted octanol–water partition coefficient (Wildman–Crippen LogP) is 3.73. The molecule has 5 heteroatoms. The molecular weight excluding hydrogens is 334 g/mol. The Morgan fingerprint density at radius 3 is 2.24 bits per heavy atom. The Morgan fingerprint density at radius 2 is 1.64 bits per heavy atom. The lowest BCUT2D eigenvalue weighted by Crippen LogP contribution is -2.34. The van der Waals surface area contributed by atoms with Crippen molar-refractivity contribution in [3.63, 3.8) is 0 Å². The number of ether oxygens (including phenoxy) is 1. The molecule has 0 aromatic heterocycles. The third-order valence-electron chi connectivity index (χ3n) is 3.89. The van der Waals surface area contributed by atoms with Gasteiger partial charge in [0.15, 0.2) is 0 Å². The number of thioether (sulfide) groups is 1. The van der Waals surface area contributed by atoms with Crippen molar-refractivity contribution in [2.24, 2.45) is 0 Å². The zero-order valence-electron chi connectivity index (χ0n) is 14.1. The summed E-state index contributed by atoms with van der Waals surface area (Å²) >= 11 is 1.42. The summed E-state index contributed by atoms with van der Waals surface area (Å²) in [5, 5.41) is 2.52. The van der Waals surface area contributed by atoms with Gasteiger partial charge in [-0.05, 0) is 31.9 Å². The van der Waals surface area contributed by atoms with E-state index in [1.54, 1.807) is 19.1 Å². The third-order valence-corrected chi connectivity index (χ3v) is 4.98. The highest BCUT2D eigenvalue weighted by Crippen LogP contribution is 2.27. The van der Waals surface area contributed by atoms with Crippen LogP contribution < -0.4 is 5.32 Å². The van der Waals surface area contributed by atoms with Gasteiger partial charge in [0.25, 0.3) is 5.91 Å². The maximum atomic E-state index is 12.5. The molecule has 0 aliphatic heterocycles. The second kappa shape index (κ2) is 8.21. The number of carbonyl (C=O) groups excluding carboxylic acids is 2. The number of esters is 1. The Labute approximate surface area is 152 Å². The van der Waals surface area contributed by atoms with Crippen molar-refractivity contribution in [3.05, 3.63) is 66.2 Å². The summed E-state index contributed by atoms with van der Waals surface area (Å²) in [6.45, 7) is 1.79. The third kappa shape index (κ3) is 5.10. The van der Waals surface area contributed by atoms with Crippen LogP contribution in [0.5, 0.6) is 0 Å². The largest absolute Gasteiger partial charge is 0.446 e. The van der Waals surface area contributed by atoms with Crippen LogP contribution >= 0.6 is 11.8 Å². The fraction of sp³-hybridized carbons (Fsp3) is 0.300. The first-order valence-corrected chi connectivity index (χ1v) is 9.29. The average Bonchev–Trinajstić information content (AvgIpc) is 3.45. The minimum absolute atomic E-state index is 0.216. The second-order valence-corrected chi connectivity index (χ2v) is 7.50. The summed E-state index contributed by atoms with van der Waals surface area (Å²) in [6.07, 6.45) is 1.07. The van der Waals surface area contributed by atoms with Crippen LogP contribution in [0.3, 0.4) is 0 Å². The number of nitrogens with one attached hydrogen (secondary N) is 1. The normalized spacial score (nSPS) is 15.9. The van der Waals surface area contributed by atoms with Crippen molar-refractivity contribution in [2.45, 2.75) is 42.1 Å². The van der Waals surface area contributed by atoms with Crippen LogP contribution in [0.4, 0.5) is 0 Å². The first kappa shape index (κ1) is 17.5. The highest BCUT2D eigenvalue weighted by molar-refractivity contribution is 8.00. The molecule has 1 aliphatic carbocycles. The maximum Gasteiger partial charge on any atom is 0.320 e. The van der Waals surface area contributed by atoms with E-state index >= 15 is 0 Å². The van der Waals surface area contributed by atoms with Gasteiger partial charge in [0.05, 0.1) is 0 Å². The lowest BCUT2D eigenvalue weighted by atomic mass is 10.1. The van der Waals surface area contributed by atoms with E-state index in [1.807, 2.05) is 48.5 Å². The van der Waals surface area contributed by atoms with Crippen LogP contribution in [0.1, 0.15) is 31.4 Å². The molecule has 4 nitrogen and oxygen atoms in total. The first-order chi connectivity index (χ1) is 12.1. The molecule has 0 heterocycles. The number of hydrogen-bond donors (Lipinski definition) is 1. The molecule has 1 fully saturated rings. The molecule has 1 amide bonds. The Morgan fingerprint density at radius 1 is 1.04 bits per heavy atom. The van der Waals surface area contributed by atoms with Crippen LogP contribution in [0, 0.1) is 0 Å². The molecule has 1 N–H and O–H groups in total. The highest BCUT2D eigenvalue weighted by atomic mass is 32.2. The van der Waals surface area contributed by atoms with Gasteiger partial charge in [-0.25, -0.2) is 0 Å². The minimum atomic E-state index is -0.909. The van der Waals surface area contributed by atoms with E-state index in [9.17, 15) is 9.59 Å². The van der Waals surface area contributed by atoms with E-state index in [0.717, 1.165) is 17.7 Å². The molecule has 2 aromatic carbocycles. The SMILES string of the molecule is C[C@H](Sc1ccccc1)C(=O)O[C@@H](C(=O)NC1CC1)c1ccccc1. The van der Waals surface area contributed by atoms with Crippen LogP contribution in [-0.2, 0) is 14.3 Å². The van der Waals surface area contributed by atoms with Crippen LogP contribution in [0.15, 0.2) is 65.6 Å². The van der Waals surface area contributed by atoms with E-state index in [0.29, 0.717) is 5.56 Å². The topological polar surface area (TPSA) is 55.4 Å². The van der Waals surface area contributed by atoms with Crippen LogP contribution in [0.2, 0.25) is 0 Å². The van der Waals surface area contributed by atoms with Crippen LogP contribution in [-0.4, -0.2) is 23.2 Å². The van der Waals surface area contributed by atoms with Crippen molar-refractivity contribution in [1.82, 2.24) is 5.32 Å². The summed E-state index contributed by atoms with van der Waals surface area (Å²) in [4.78, 5) is 26.0. The van der Waals surface area contributed by atoms with E-state index in [-0.39, 0.29) is 11.9 Å². The maximum absolute atomic E-state index is 12.5. The molecule has 2 aromatic rings. The zero-order valence-corrected chi connectivity index (χ0v) is 14.9. The van der Waals surface area contributed by atoms with Crippen LogP contribution in [0.25, 0.3) is 0 Å². The smallest absolute Gasteiger partial charge is 0.320 e. The van der Waals surface area contributed by atoms with Gasteiger partial charge in [-0.3, -0.25) is 9.59 Å². The Kier molecular flexibility index (Phi) is 5.76. The van der Waals surface area contributed by atoms with Gasteiger partial charge >= 0.3 is 5.97 Å². The fourth-order valence-electron chi connectivity index (χ4n) is 2.37. The molecule has 1 saturated carbocycles. The fourth-order valence-corrected chi connectivity index (χ4v) is 3.24. The molecule has 3 rings (SSSR count). The molecule has 25 heavy (non-hydrogen) atoms. The molecule has 0 unspecified atom stereocenters. The first-order valence-electron chi connectivity index (χ1n) is 8.41. The quantitative estimate of drug-likeness (QED) is 0.607. The number of carbonyl (C=O) groups is 2. The summed E-state index contributed by atoms with van der Waals surface area (Å²) in [5.74, 6) is -0.646. The standard InChI is InChI=1S/C20H21NO3S/c1-14(25-17-10-6-3-7-11-17)20(23)24-18(15-8-4-2-5-9-15)19(22)21-16-12-13-16/h2-11,14,16,18H,12-13H2,1H3,(H,21,22)/t14-,18+/m0/s1. The molecule has 130 valence electrons. The molecular formula is C20H21NO3S. The number of rotatable bonds is 7. The Balaban J connectivity index is 1.68. The monoisotopic (exact) mass is 355 g/mol. The van der Waals surface area contributed by atoms with Gasteiger partial charge in [-0.2, -0.15) is 0 Å². The summed E-state index contributed by atoms with van der Waals surface area (Å²) in [6, 6.07) is 19.0. The van der Waals surface area contributed by atoms with Crippen molar-refractivity contribution in [1.29, 1.82) is 0 Å². The average molecular weight is 355 g/mol. The molecule has 1 aliphatic rings. The van der Waals surface area contributed by atoms with Gasteiger partial charge in [0.1, 0.15) is 5.25 Å².